The highest BCUT2D eigenvalue weighted by molar-refractivity contribution is 7.99. The first kappa shape index (κ1) is 21.2. The van der Waals surface area contributed by atoms with Crippen molar-refractivity contribution in [2.24, 2.45) is 0 Å². The number of hydrogen-bond donors (Lipinski definition) is 3. The number of carbonyl (C=O) groups is 2. The number of amides is 3. The van der Waals surface area contributed by atoms with Gasteiger partial charge in [0.25, 0.3) is 5.56 Å². The Bertz CT molecular complexity index is 1180. The fraction of sp³-hybridized carbons (Fsp3) is 0.619. The van der Waals surface area contributed by atoms with Crippen LogP contribution in [-0.2, 0) is 4.79 Å². The number of fused-ring (bicyclic) bond motifs is 1. The molecular formula is C21H26N6O4S. The van der Waals surface area contributed by atoms with Gasteiger partial charge in [0.1, 0.15) is 16.2 Å². The number of hydrogen-bond acceptors (Lipinski definition) is 7. The number of aromatic nitrogens is 4. The van der Waals surface area contributed by atoms with Gasteiger partial charge in [-0.2, -0.15) is 0 Å². The summed E-state index contributed by atoms with van der Waals surface area (Å²) < 4.78 is 1.58. The highest BCUT2D eigenvalue weighted by Gasteiger charge is 2.32. The summed E-state index contributed by atoms with van der Waals surface area (Å²) in [6, 6.07) is -0.257. The Balaban J connectivity index is 1.31. The molecule has 0 spiro atoms. The van der Waals surface area contributed by atoms with Gasteiger partial charge in [-0.1, -0.05) is 12.8 Å². The summed E-state index contributed by atoms with van der Waals surface area (Å²) in [5, 5.41) is 5.98. The number of imide groups is 1. The van der Waals surface area contributed by atoms with E-state index in [1.54, 1.807) is 4.57 Å². The Morgan fingerprint density at radius 1 is 1.06 bits per heavy atom. The number of thioether (sulfide) groups is 1. The molecule has 0 atom stereocenters. The molecule has 0 bridgehead atoms. The molecule has 2 aromatic rings. The number of aromatic amines is 1. The predicted octanol–water partition coefficient (Wildman–Crippen LogP) is 1.94. The second-order valence-electron chi connectivity index (χ2n) is 8.82. The number of urea groups is 1. The maximum atomic E-state index is 12.6. The van der Waals surface area contributed by atoms with Gasteiger partial charge in [0.05, 0.1) is 0 Å². The lowest BCUT2D eigenvalue weighted by Crippen LogP contribution is -2.43. The second kappa shape index (κ2) is 8.68. The lowest BCUT2D eigenvalue weighted by Gasteiger charge is -2.13. The fourth-order valence-corrected chi connectivity index (χ4v) is 5.12. The Hall–Kier alpha value is -2.69. The molecule has 5 rings (SSSR count). The molecule has 170 valence electrons. The van der Waals surface area contributed by atoms with E-state index in [2.05, 4.69) is 25.6 Å². The topological polar surface area (TPSA) is 139 Å². The van der Waals surface area contributed by atoms with Crippen LogP contribution in [0.3, 0.4) is 0 Å². The number of rotatable bonds is 7. The fourth-order valence-electron chi connectivity index (χ4n) is 4.16. The summed E-state index contributed by atoms with van der Waals surface area (Å²) in [5.41, 5.74) is -0.553. The van der Waals surface area contributed by atoms with Crippen LogP contribution in [0.2, 0.25) is 0 Å². The van der Waals surface area contributed by atoms with Gasteiger partial charge < -0.3 is 5.32 Å². The number of nitrogens with zero attached hydrogens (tertiary/aromatic N) is 3. The molecule has 0 aromatic carbocycles. The molecule has 3 fully saturated rings. The number of nitrogens with one attached hydrogen (secondary N) is 3. The van der Waals surface area contributed by atoms with Crippen molar-refractivity contribution in [3.05, 3.63) is 26.7 Å². The minimum atomic E-state index is -0.507. The molecule has 0 radical (unpaired) electrons. The molecule has 0 aliphatic heterocycles. The Labute approximate surface area is 188 Å². The Morgan fingerprint density at radius 3 is 2.50 bits per heavy atom. The molecule has 10 nitrogen and oxygen atoms in total. The zero-order valence-corrected chi connectivity index (χ0v) is 18.5. The van der Waals surface area contributed by atoms with Crippen LogP contribution in [0.15, 0.2) is 14.6 Å². The number of carbonyl (C=O) groups excluding carboxylic acids is 2. The zero-order valence-electron chi connectivity index (χ0n) is 17.7. The highest BCUT2D eigenvalue weighted by Crippen LogP contribution is 2.40. The summed E-state index contributed by atoms with van der Waals surface area (Å²) in [5.74, 6) is 0.876. The smallest absolute Gasteiger partial charge is 0.330 e. The lowest BCUT2D eigenvalue weighted by atomic mass is 10.2. The van der Waals surface area contributed by atoms with Gasteiger partial charge in [0.2, 0.25) is 5.91 Å². The van der Waals surface area contributed by atoms with Crippen LogP contribution in [0.25, 0.3) is 11.0 Å². The van der Waals surface area contributed by atoms with Crippen LogP contribution >= 0.6 is 11.8 Å². The van der Waals surface area contributed by atoms with Crippen LogP contribution < -0.4 is 21.9 Å². The normalized spacial score (nSPS) is 18.8. The van der Waals surface area contributed by atoms with Crippen LogP contribution in [0, 0.1) is 0 Å². The highest BCUT2D eigenvalue weighted by atomic mass is 32.2. The van der Waals surface area contributed by atoms with Gasteiger partial charge in [-0.3, -0.25) is 24.5 Å². The van der Waals surface area contributed by atoms with Crippen molar-refractivity contribution in [1.29, 1.82) is 0 Å². The quantitative estimate of drug-likeness (QED) is 0.426. The molecule has 2 aromatic heterocycles. The SMILES string of the molecule is O=C(CCSc1nc(C2CC2)nc2c1c(=O)[nH]c(=O)n2C1CC1)NC(=O)NC1CCCC1. The van der Waals surface area contributed by atoms with E-state index < -0.39 is 17.3 Å². The van der Waals surface area contributed by atoms with E-state index in [4.69, 9.17) is 0 Å². The van der Waals surface area contributed by atoms with Crippen LogP contribution in [0.1, 0.15) is 75.6 Å². The van der Waals surface area contributed by atoms with E-state index in [0.717, 1.165) is 51.4 Å². The van der Waals surface area contributed by atoms with E-state index in [1.807, 2.05) is 0 Å². The maximum Gasteiger partial charge on any atom is 0.330 e. The molecule has 2 heterocycles. The third-order valence-electron chi connectivity index (χ3n) is 6.13. The third kappa shape index (κ3) is 4.57. The Morgan fingerprint density at radius 2 is 1.81 bits per heavy atom. The van der Waals surface area contributed by atoms with E-state index in [0.29, 0.717) is 27.6 Å². The minimum Gasteiger partial charge on any atom is -0.335 e. The maximum absolute atomic E-state index is 12.6. The molecule has 3 aliphatic rings. The van der Waals surface area contributed by atoms with Crippen LogP contribution in [-0.4, -0.2) is 43.3 Å². The number of H-pyrrole nitrogens is 1. The first-order valence-corrected chi connectivity index (χ1v) is 12.3. The Kier molecular flexibility index (Phi) is 5.75. The van der Waals surface area contributed by atoms with Crippen molar-refractivity contribution < 1.29 is 9.59 Å². The third-order valence-corrected chi connectivity index (χ3v) is 7.11. The average molecular weight is 459 g/mol. The van der Waals surface area contributed by atoms with Crippen molar-refractivity contribution in [1.82, 2.24) is 30.2 Å². The summed E-state index contributed by atoms with van der Waals surface area (Å²) in [7, 11) is 0. The molecule has 0 unspecified atom stereocenters. The van der Waals surface area contributed by atoms with Crippen molar-refractivity contribution in [3.63, 3.8) is 0 Å². The lowest BCUT2D eigenvalue weighted by molar-refractivity contribution is -0.119. The molecule has 3 aliphatic carbocycles. The van der Waals surface area contributed by atoms with Crippen molar-refractivity contribution in [2.75, 3.05) is 5.75 Å². The van der Waals surface area contributed by atoms with E-state index in [-0.39, 0.29) is 30.3 Å². The molecule has 3 amide bonds. The van der Waals surface area contributed by atoms with Gasteiger partial charge in [-0.25, -0.2) is 19.6 Å². The molecular weight excluding hydrogens is 432 g/mol. The van der Waals surface area contributed by atoms with Gasteiger partial charge in [-0.05, 0) is 38.5 Å². The summed E-state index contributed by atoms with van der Waals surface area (Å²) in [4.78, 5) is 60.8. The van der Waals surface area contributed by atoms with Crippen LogP contribution in [0.5, 0.6) is 0 Å². The van der Waals surface area contributed by atoms with Gasteiger partial charge in [0, 0.05) is 30.2 Å². The summed E-state index contributed by atoms with van der Waals surface area (Å²) >= 11 is 1.28. The van der Waals surface area contributed by atoms with Crippen molar-refractivity contribution in [3.8, 4) is 0 Å². The first-order valence-electron chi connectivity index (χ1n) is 11.3. The van der Waals surface area contributed by atoms with E-state index >= 15 is 0 Å². The second-order valence-corrected chi connectivity index (χ2v) is 9.91. The summed E-state index contributed by atoms with van der Waals surface area (Å²) in [6.45, 7) is 0. The van der Waals surface area contributed by atoms with E-state index in [1.165, 1.54) is 11.8 Å². The zero-order chi connectivity index (χ0) is 22.2. The van der Waals surface area contributed by atoms with Crippen molar-refractivity contribution in [2.45, 2.75) is 80.8 Å². The molecule has 32 heavy (non-hydrogen) atoms. The molecule has 3 saturated carbocycles. The average Bonchev–Trinajstić information content (AvgIpc) is 3.67. The standard InChI is InChI=1S/C21H26N6O4S/c28-14(23-20(30)22-12-3-1-2-4-12)9-10-32-19-15-17(24-16(25-19)11-5-6-11)27(13-7-8-13)21(31)26-18(15)29/h11-13H,1-10H2,(H,26,29,31)(H2,22,23,28,30). The van der Waals surface area contributed by atoms with E-state index in [9.17, 15) is 19.2 Å². The largest absolute Gasteiger partial charge is 0.335 e. The molecule has 3 N–H and O–H groups in total. The predicted molar refractivity (Wildman–Crippen MR) is 119 cm³/mol. The van der Waals surface area contributed by atoms with Crippen LogP contribution in [0.4, 0.5) is 4.79 Å². The van der Waals surface area contributed by atoms with Gasteiger partial charge in [-0.15, -0.1) is 11.8 Å². The monoisotopic (exact) mass is 458 g/mol. The first-order chi connectivity index (χ1) is 15.5. The minimum absolute atomic E-state index is 0.0609. The van der Waals surface area contributed by atoms with Crippen molar-refractivity contribution >= 4 is 34.7 Å². The van der Waals surface area contributed by atoms with Gasteiger partial charge >= 0.3 is 11.7 Å². The molecule has 0 saturated heterocycles. The summed E-state index contributed by atoms with van der Waals surface area (Å²) in [6.07, 6.45) is 7.94. The molecule has 11 heteroatoms. The van der Waals surface area contributed by atoms with Gasteiger partial charge in [0.15, 0.2) is 5.65 Å².